The summed E-state index contributed by atoms with van der Waals surface area (Å²) in [5, 5.41) is 0. The zero-order chi connectivity index (χ0) is 15.9. The number of piperazine rings is 1. The van der Waals surface area contributed by atoms with E-state index in [1.807, 2.05) is 0 Å². The second-order valence-corrected chi connectivity index (χ2v) is 7.75. The predicted molar refractivity (Wildman–Crippen MR) is 94.4 cm³/mol. The number of rotatable bonds is 7. The zero-order valence-corrected chi connectivity index (χ0v) is 15.4. The van der Waals surface area contributed by atoms with Crippen LogP contribution < -0.4 is 0 Å². The highest BCUT2D eigenvalue weighted by Crippen LogP contribution is 2.30. The topological polar surface area (TPSA) is 15.7 Å². The van der Waals surface area contributed by atoms with Crippen molar-refractivity contribution >= 4 is 0 Å². The summed E-state index contributed by atoms with van der Waals surface area (Å²) in [4.78, 5) is 5.29. The summed E-state index contributed by atoms with van der Waals surface area (Å²) >= 11 is 0. The van der Waals surface area contributed by atoms with Crippen molar-refractivity contribution in [2.45, 2.75) is 84.5 Å². The van der Waals surface area contributed by atoms with Crippen LogP contribution in [0.2, 0.25) is 0 Å². The van der Waals surface area contributed by atoms with Crippen molar-refractivity contribution in [3.8, 4) is 0 Å². The lowest BCUT2D eigenvalue weighted by Crippen LogP contribution is -2.51. The molecule has 0 radical (unpaired) electrons. The van der Waals surface area contributed by atoms with Gasteiger partial charge in [-0.1, -0.05) is 6.92 Å². The van der Waals surface area contributed by atoms with Gasteiger partial charge in [-0.25, -0.2) is 0 Å². The third-order valence-corrected chi connectivity index (χ3v) is 5.61. The predicted octanol–water partition coefficient (Wildman–Crippen LogP) is 3.78. The molecule has 22 heavy (non-hydrogen) atoms. The summed E-state index contributed by atoms with van der Waals surface area (Å²) in [6.07, 6.45) is 9.09. The molecule has 1 atom stereocenters. The molecule has 0 bridgehead atoms. The van der Waals surface area contributed by atoms with Gasteiger partial charge in [0.15, 0.2) is 0 Å². The molecule has 130 valence electrons. The van der Waals surface area contributed by atoms with Gasteiger partial charge in [0, 0.05) is 25.7 Å². The Hall–Kier alpha value is -0.120. The number of nitrogens with zero attached hydrogens (tertiary/aromatic N) is 2. The van der Waals surface area contributed by atoms with Gasteiger partial charge >= 0.3 is 0 Å². The molecule has 0 spiro atoms. The van der Waals surface area contributed by atoms with Crippen LogP contribution >= 0.6 is 0 Å². The van der Waals surface area contributed by atoms with Crippen LogP contribution in [-0.4, -0.2) is 60.8 Å². The van der Waals surface area contributed by atoms with E-state index in [4.69, 9.17) is 4.74 Å². The average Bonchev–Trinajstić information content (AvgIpc) is 2.50. The Morgan fingerprint density at radius 2 is 1.82 bits per heavy atom. The standard InChI is InChI=1S/C19H38N2O/c1-5-20-13-14-21(17(4)15-20)12-6-7-18-8-10-19(11-9-18)22-16(2)3/h16-19H,5-15H2,1-4H3. The Labute approximate surface area is 138 Å². The van der Waals surface area contributed by atoms with E-state index in [1.165, 1.54) is 71.2 Å². The smallest absolute Gasteiger partial charge is 0.0578 e. The number of hydrogen-bond donors (Lipinski definition) is 0. The van der Waals surface area contributed by atoms with Crippen LogP contribution in [0.15, 0.2) is 0 Å². The highest BCUT2D eigenvalue weighted by atomic mass is 16.5. The first-order valence-corrected chi connectivity index (χ1v) is 9.70. The minimum Gasteiger partial charge on any atom is -0.376 e. The van der Waals surface area contributed by atoms with Crippen LogP contribution in [0, 0.1) is 5.92 Å². The van der Waals surface area contributed by atoms with Gasteiger partial charge in [0.2, 0.25) is 0 Å². The van der Waals surface area contributed by atoms with Crippen molar-refractivity contribution < 1.29 is 4.74 Å². The van der Waals surface area contributed by atoms with Gasteiger partial charge in [-0.15, -0.1) is 0 Å². The minimum atomic E-state index is 0.393. The molecule has 0 aromatic rings. The molecule has 2 rings (SSSR count). The molecule has 1 aliphatic heterocycles. The van der Waals surface area contributed by atoms with E-state index in [0.29, 0.717) is 12.2 Å². The molecule has 0 aromatic heterocycles. The molecular weight excluding hydrogens is 272 g/mol. The van der Waals surface area contributed by atoms with Crippen molar-refractivity contribution in [3.63, 3.8) is 0 Å². The lowest BCUT2D eigenvalue weighted by molar-refractivity contribution is -0.0206. The molecule has 3 heteroatoms. The summed E-state index contributed by atoms with van der Waals surface area (Å²) in [5.74, 6) is 0.958. The van der Waals surface area contributed by atoms with Gasteiger partial charge in [-0.3, -0.25) is 4.90 Å². The molecule has 1 saturated heterocycles. The van der Waals surface area contributed by atoms with Gasteiger partial charge in [0.05, 0.1) is 12.2 Å². The maximum atomic E-state index is 5.96. The fourth-order valence-electron chi connectivity index (χ4n) is 4.21. The van der Waals surface area contributed by atoms with Crippen molar-refractivity contribution in [2.75, 3.05) is 32.7 Å². The first-order chi connectivity index (χ1) is 10.6. The van der Waals surface area contributed by atoms with E-state index in [-0.39, 0.29) is 0 Å². The van der Waals surface area contributed by atoms with Crippen LogP contribution in [-0.2, 0) is 4.74 Å². The van der Waals surface area contributed by atoms with Crippen molar-refractivity contribution in [1.29, 1.82) is 0 Å². The van der Waals surface area contributed by atoms with Crippen LogP contribution in [0.3, 0.4) is 0 Å². The second-order valence-electron chi connectivity index (χ2n) is 7.75. The highest BCUT2D eigenvalue weighted by molar-refractivity contribution is 4.79. The highest BCUT2D eigenvalue weighted by Gasteiger charge is 2.24. The third-order valence-electron chi connectivity index (χ3n) is 5.61. The molecule has 0 N–H and O–H groups in total. The average molecular weight is 311 g/mol. The number of likely N-dealkylation sites (N-methyl/N-ethyl adjacent to an activating group) is 1. The molecular formula is C19H38N2O. The normalized spacial score (nSPS) is 31.8. The van der Waals surface area contributed by atoms with E-state index >= 15 is 0 Å². The van der Waals surface area contributed by atoms with E-state index in [2.05, 4.69) is 37.5 Å². The lowest BCUT2D eigenvalue weighted by Gasteiger charge is -2.39. The van der Waals surface area contributed by atoms with E-state index < -0.39 is 0 Å². The molecule has 1 aliphatic carbocycles. The minimum absolute atomic E-state index is 0.393. The Morgan fingerprint density at radius 3 is 2.41 bits per heavy atom. The Kier molecular flexibility index (Phi) is 7.66. The molecule has 0 aromatic carbocycles. The molecule has 1 unspecified atom stereocenters. The monoisotopic (exact) mass is 310 g/mol. The van der Waals surface area contributed by atoms with Crippen molar-refractivity contribution in [3.05, 3.63) is 0 Å². The molecule has 3 nitrogen and oxygen atoms in total. The summed E-state index contributed by atoms with van der Waals surface area (Å²) in [5.41, 5.74) is 0. The lowest BCUT2D eigenvalue weighted by atomic mass is 9.84. The van der Waals surface area contributed by atoms with Gasteiger partial charge < -0.3 is 9.64 Å². The quantitative estimate of drug-likeness (QED) is 0.712. The van der Waals surface area contributed by atoms with Gasteiger partial charge in [-0.2, -0.15) is 0 Å². The summed E-state index contributed by atoms with van der Waals surface area (Å²) in [6, 6.07) is 0.740. The fraction of sp³-hybridized carbons (Fsp3) is 1.00. The summed E-state index contributed by atoms with van der Waals surface area (Å²) in [6.45, 7) is 15.3. The van der Waals surface area contributed by atoms with E-state index in [0.717, 1.165) is 12.0 Å². The zero-order valence-electron chi connectivity index (χ0n) is 15.4. The molecule has 2 aliphatic rings. The molecule has 2 fully saturated rings. The van der Waals surface area contributed by atoms with Crippen LogP contribution in [0.4, 0.5) is 0 Å². The van der Waals surface area contributed by atoms with Gasteiger partial charge in [-0.05, 0) is 78.3 Å². The van der Waals surface area contributed by atoms with E-state index in [1.54, 1.807) is 0 Å². The largest absolute Gasteiger partial charge is 0.376 e. The molecule has 1 heterocycles. The number of ether oxygens (including phenoxy) is 1. The van der Waals surface area contributed by atoms with Gasteiger partial charge in [0.25, 0.3) is 0 Å². The first kappa shape index (κ1) is 18.2. The number of hydrogen-bond acceptors (Lipinski definition) is 3. The van der Waals surface area contributed by atoms with Crippen LogP contribution in [0.5, 0.6) is 0 Å². The van der Waals surface area contributed by atoms with Crippen LogP contribution in [0.25, 0.3) is 0 Å². The third kappa shape index (κ3) is 5.82. The van der Waals surface area contributed by atoms with Crippen molar-refractivity contribution in [1.82, 2.24) is 9.80 Å². The van der Waals surface area contributed by atoms with Gasteiger partial charge in [0.1, 0.15) is 0 Å². The first-order valence-electron chi connectivity index (χ1n) is 9.70. The molecule has 1 saturated carbocycles. The Balaban J connectivity index is 1.58. The molecule has 0 amide bonds. The summed E-state index contributed by atoms with van der Waals surface area (Å²) < 4.78 is 5.96. The Morgan fingerprint density at radius 1 is 1.09 bits per heavy atom. The second kappa shape index (κ2) is 9.24. The fourth-order valence-corrected chi connectivity index (χ4v) is 4.21. The maximum absolute atomic E-state index is 5.96. The van der Waals surface area contributed by atoms with Crippen molar-refractivity contribution in [2.24, 2.45) is 5.92 Å². The Bertz CT molecular complexity index is 300. The SMILES string of the molecule is CCN1CCN(CCCC2CCC(OC(C)C)CC2)C(C)C1. The van der Waals surface area contributed by atoms with E-state index in [9.17, 15) is 0 Å². The maximum Gasteiger partial charge on any atom is 0.0578 e. The van der Waals surface area contributed by atoms with Crippen LogP contribution in [0.1, 0.15) is 66.2 Å². The summed E-state index contributed by atoms with van der Waals surface area (Å²) in [7, 11) is 0.